The van der Waals surface area contributed by atoms with Crippen molar-refractivity contribution in [3.8, 4) is 0 Å². The molecular formula is C25H27ClN4OS. The number of ether oxygens (including phenoxy) is 1. The molecule has 0 amide bonds. The standard InChI is InChI=1S/C25H27ClN4OS/c1-18-5-2-3-8-22(18)30-23-10-9-21(16-27-23)29-24(32)28-17-25(11-13-31-14-12-25)19-6-4-7-20(26)15-19/h2-10,15-16H,11-14,17H2,1H3,(H,27,30)(H2,28,29,32). The third-order valence-electron chi connectivity index (χ3n) is 5.90. The molecule has 0 aliphatic carbocycles. The van der Waals surface area contributed by atoms with Gasteiger partial charge in [0, 0.05) is 35.9 Å². The first-order valence-corrected chi connectivity index (χ1v) is 11.5. The number of anilines is 3. The Hall–Kier alpha value is -2.67. The molecule has 5 nitrogen and oxygen atoms in total. The minimum absolute atomic E-state index is 0.0611. The second-order valence-corrected chi connectivity index (χ2v) is 8.93. The molecule has 2 heterocycles. The van der Waals surface area contributed by atoms with Crippen LogP contribution in [-0.4, -0.2) is 29.9 Å². The van der Waals surface area contributed by atoms with Gasteiger partial charge in [-0.15, -0.1) is 0 Å². The average Bonchev–Trinajstić information content (AvgIpc) is 2.81. The van der Waals surface area contributed by atoms with Gasteiger partial charge in [-0.2, -0.15) is 0 Å². The summed E-state index contributed by atoms with van der Waals surface area (Å²) in [5.41, 5.74) is 4.21. The van der Waals surface area contributed by atoms with Crippen LogP contribution in [0.4, 0.5) is 17.2 Å². The van der Waals surface area contributed by atoms with E-state index in [0.29, 0.717) is 11.7 Å². The summed E-state index contributed by atoms with van der Waals surface area (Å²) in [6.07, 6.45) is 3.61. The van der Waals surface area contributed by atoms with Gasteiger partial charge in [0.05, 0.1) is 11.9 Å². The third-order valence-corrected chi connectivity index (χ3v) is 6.38. The first-order chi connectivity index (χ1) is 15.5. The number of nitrogens with one attached hydrogen (secondary N) is 3. The Morgan fingerprint density at radius 2 is 1.91 bits per heavy atom. The molecule has 3 aromatic rings. The molecule has 7 heteroatoms. The minimum atomic E-state index is -0.0611. The summed E-state index contributed by atoms with van der Waals surface area (Å²) in [5.74, 6) is 0.783. The lowest BCUT2D eigenvalue weighted by Gasteiger charge is -2.38. The molecule has 1 aliphatic rings. The van der Waals surface area contributed by atoms with E-state index in [0.717, 1.165) is 48.3 Å². The molecule has 1 fully saturated rings. The van der Waals surface area contributed by atoms with Crippen LogP contribution in [0.1, 0.15) is 24.0 Å². The van der Waals surface area contributed by atoms with Crippen molar-refractivity contribution in [2.24, 2.45) is 0 Å². The predicted octanol–water partition coefficient (Wildman–Crippen LogP) is 5.82. The minimum Gasteiger partial charge on any atom is -0.381 e. The molecule has 4 rings (SSSR count). The van der Waals surface area contributed by atoms with E-state index in [1.54, 1.807) is 6.20 Å². The number of hydrogen-bond acceptors (Lipinski definition) is 4. The number of para-hydroxylation sites is 1. The van der Waals surface area contributed by atoms with Crippen molar-refractivity contribution in [1.29, 1.82) is 0 Å². The van der Waals surface area contributed by atoms with E-state index in [2.05, 4.69) is 46.1 Å². The zero-order valence-electron chi connectivity index (χ0n) is 18.0. The second-order valence-electron chi connectivity index (χ2n) is 8.08. The van der Waals surface area contributed by atoms with E-state index in [9.17, 15) is 0 Å². The number of rotatable bonds is 6. The Balaban J connectivity index is 1.37. The topological polar surface area (TPSA) is 58.2 Å². The number of aromatic nitrogens is 1. The summed E-state index contributed by atoms with van der Waals surface area (Å²) in [4.78, 5) is 4.50. The summed E-state index contributed by atoms with van der Waals surface area (Å²) in [6, 6.07) is 20.1. The third kappa shape index (κ3) is 5.57. The highest BCUT2D eigenvalue weighted by Crippen LogP contribution is 2.35. The van der Waals surface area contributed by atoms with Gasteiger partial charge < -0.3 is 20.7 Å². The number of pyridine rings is 1. The van der Waals surface area contributed by atoms with Gasteiger partial charge in [-0.25, -0.2) is 4.98 Å². The van der Waals surface area contributed by atoms with E-state index >= 15 is 0 Å². The normalized spacial score (nSPS) is 15.1. The summed E-state index contributed by atoms with van der Waals surface area (Å²) in [6.45, 7) is 4.24. The number of thiocarbonyl (C=S) groups is 1. The first kappa shape index (κ1) is 22.5. The van der Waals surface area contributed by atoms with Gasteiger partial charge in [0.1, 0.15) is 5.82 Å². The summed E-state index contributed by atoms with van der Waals surface area (Å²) >= 11 is 11.8. The lowest BCUT2D eigenvalue weighted by molar-refractivity contribution is 0.0515. The van der Waals surface area contributed by atoms with Crippen molar-refractivity contribution in [2.75, 3.05) is 30.4 Å². The Kier molecular flexibility index (Phi) is 7.25. The van der Waals surface area contributed by atoms with Crippen molar-refractivity contribution in [3.63, 3.8) is 0 Å². The number of hydrogen-bond donors (Lipinski definition) is 3. The predicted molar refractivity (Wildman–Crippen MR) is 136 cm³/mol. The maximum Gasteiger partial charge on any atom is 0.170 e. The smallest absolute Gasteiger partial charge is 0.170 e. The number of nitrogens with zero attached hydrogens (tertiary/aromatic N) is 1. The van der Waals surface area contributed by atoms with Gasteiger partial charge in [-0.05, 0) is 73.4 Å². The molecule has 3 N–H and O–H groups in total. The fraction of sp³-hybridized carbons (Fsp3) is 0.280. The lowest BCUT2D eigenvalue weighted by atomic mass is 9.74. The van der Waals surface area contributed by atoms with Crippen LogP contribution < -0.4 is 16.0 Å². The summed E-state index contributed by atoms with van der Waals surface area (Å²) in [5, 5.41) is 11.3. The van der Waals surface area contributed by atoms with E-state index in [1.165, 1.54) is 11.1 Å². The Bertz CT molecular complexity index is 1070. The molecule has 0 unspecified atom stereocenters. The second kappa shape index (κ2) is 10.3. The van der Waals surface area contributed by atoms with Crippen LogP contribution >= 0.6 is 23.8 Å². The fourth-order valence-electron chi connectivity index (χ4n) is 3.97. The molecule has 2 aromatic carbocycles. The molecular weight excluding hydrogens is 440 g/mol. The van der Waals surface area contributed by atoms with Crippen LogP contribution in [0.5, 0.6) is 0 Å². The van der Waals surface area contributed by atoms with E-state index in [-0.39, 0.29) is 5.41 Å². The van der Waals surface area contributed by atoms with Crippen molar-refractivity contribution in [2.45, 2.75) is 25.2 Å². The maximum atomic E-state index is 6.27. The molecule has 32 heavy (non-hydrogen) atoms. The van der Waals surface area contributed by atoms with Gasteiger partial charge in [-0.1, -0.05) is 41.9 Å². The van der Waals surface area contributed by atoms with Gasteiger partial charge >= 0.3 is 0 Å². The zero-order valence-corrected chi connectivity index (χ0v) is 19.6. The van der Waals surface area contributed by atoms with Gasteiger partial charge in [0.25, 0.3) is 0 Å². The molecule has 0 bridgehead atoms. The van der Waals surface area contributed by atoms with Gasteiger partial charge in [0.2, 0.25) is 0 Å². The highest BCUT2D eigenvalue weighted by molar-refractivity contribution is 7.80. The van der Waals surface area contributed by atoms with Crippen LogP contribution in [0, 0.1) is 6.92 Å². The number of halogens is 1. The van der Waals surface area contributed by atoms with Crippen molar-refractivity contribution in [1.82, 2.24) is 10.3 Å². The summed E-state index contributed by atoms with van der Waals surface area (Å²) < 4.78 is 5.62. The van der Waals surface area contributed by atoms with Crippen LogP contribution in [-0.2, 0) is 10.2 Å². The Labute approximate surface area is 199 Å². The van der Waals surface area contributed by atoms with E-state index in [4.69, 9.17) is 28.6 Å². The summed E-state index contributed by atoms with van der Waals surface area (Å²) in [7, 11) is 0. The SMILES string of the molecule is Cc1ccccc1Nc1ccc(NC(=S)NCC2(c3cccc(Cl)c3)CCOCC2)cn1. The van der Waals surface area contributed by atoms with Crippen LogP contribution in [0.25, 0.3) is 0 Å². The molecule has 0 spiro atoms. The molecule has 166 valence electrons. The quantitative estimate of drug-likeness (QED) is 0.398. The molecule has 1 aliphatic heterocycles. The monoisotopic (exact) mass is 466 g/mol. The van der Waals surface area contributed by atoms with Crippen LogP contribution in [0.2, 0.25) is 5.02 Å². The average molecular weight is 467 g/mol. The lowest BCUT2D eigenvalue weighted by Crippen LogP contribution is -2.45. The van der Waals surface area contributed by atoms with Crippen molar-refractivity contribution >= 4 is 46.1 Å². The highest BCUT2D eigenvalue weighted by atomic mass is 35.5. The maximum absolute atomic E-state index is 6.27. The van der Waals surface area contributed by atoms with Crippen molar-refractivity contribution < 1.29 is 4.74 Å². The largest absolute Gasteiger partial charge is 0.381 e. The van der Waals surface area contributed by atoms with E-state index in [1.807, 2.05) is 42.5 Å². The molecule has 1 saturated heterocycles. The van der Waals surface area contributed by atoms with Crippen LogP contribution in [0.3, 0.4) is 0 Å². The van der Waals surface area contributed by atoms with E-state index < -0.39 is 0 Å². The number of aryl methyl sites for hydroxylation is 1. The molecule has 0 saturated carbocycles. The van der Waals surface area contributed by atoms with Gasteiger partial charge in [-0.3, -0.25) is 0 Å². The highest BCUT2D eigenvalue weighted by Gasteiger charge is 2.34. The number of benzene rings is 2. The van der Waals surface area contributed by atoms with Crippen LogP contribution in [0.15, 0.2) is 66.9 Å². The Morgan fingerprint density at radius 3 is 2.62 bits per heavy atom. The Morgan fingerprint density at radius 1 is 1.09 bits per heavy atom. The molecule has 0 radical (unpaired) electrons. The zero-order chi connectivity index (χ0) is 22.4. The van der Waals surface area contributed by atoms with Crippen molar-refractivity contribution in [3.05, 3.63) is 83.0 Å². The fourth-order valence-corrected chi connectivity index (χ4v) is 4.35. The first-order valence-electron chi connectivity index (χ1n) is 10.7. The molecule has 1 aromatic heterocycles. The van der Waals surface area contributed by atoms with Gasteiger partial charge in [0.15, 0.2) is 5.11 Å². The molecule has 0 atom stereocenters.